The molecule has 1 atom stereocenters. The lowest BCUT2D eigenvalue weighted by molar-refractivity contribution is 0.275. The summed E-state index contributed by atoms with van der Waals surface area (Å²) >= 11 is 5.70. The van der Waals surface area contributed by atoms with E-state index in [4.69, 9.17) is 27.7 Å². The number of hydrogen-bond acceptors (Lipinski definition) is 4. The Morgan fingerprint density at radius 1 is 1.64 bits per heavy atom. The predicted molar refractivity (Wildman–Crippen MR) is 52.6 cm³/mol. The molecule has 0 bridgehead atoms. The number of aliphatic hydroxyl groups is 1. The van der Waals surface area contributed by atoms with Crippen LogP contribution in [-0.2, 0) is 0 Å². The predicted octanol–water partition coefficient (Wildman–Crippen LogP) is 0.989. The van der Waals surface area contributed by atoms with Crippen LogP contribution in [0.3, 0.4) is 0 Å². The van der Waals surface area contributed by atoms with Crippen molar-refractivity contribution < 1.29 is 5.11 Å². The molecule has 0 aromatic carbocycles. The van der Waals surface area contributed by atoms with Gasteiger partial charge in [0.1, 0.15) is 6.07 Å². The Morgan fingerprint density at radius 3 is 2.93 bits per heavy atom. The van der Waals surface area contributed by atoms with Crippen LogP contribution < -0.4 is 5.73 Å². The fourth-order valence-corrected chi connectivity index (χ4v) is 1.18. The smallest absolute Gasteiger partial charge is 0.159 e. The molecular weight excluding hydrogens is 202 g/mol. The lowest BCUT2D eigenvalue weighted by Crippen LogP contribution is -2.14. The molecule has 1 aromatic heterocycles. The van der Waals surface area contributed by atoms with E-state index in [2.05, 4.69) is 4.98 Å². The molecule has 14 heavy (non-hydrogen) atoms. The summed E-state index contributed by atoms with van der Waals surface area (Å²) in [5.41, 5.74) is 6.44. The molecule has 0 radical (unpaired) electrons. The molecule has 0 fully saturated rings. The lowest BCUT2D eigenvalue weighted by Gasteiger charge is -2.09. The molecule has 0 saturated heterocycles. The van der Waals surface area contributed by atoms with Crippen molar-refractivity contribution in [3.05, 3.63) is 28.5 Å². The normalized spacial score (nSPS) is 12.1. The molecule has 0 saturated carbocycles. The highest BCUT2D eigenvalue weighted by Gasteiger charge is 2.09. The monoisotopic (exact) mass is 211 g/mol. The quantitative estimate of drug-likeness (QED) is 0.781. The van der Waals surface area contributed by atoms with E-state index in [1.165, 1.54) is 0 Å². The maximum atomic E-state index is 8.68. The highest BCUT2D eigenvalue weighted by molar-refractivity contribution is 6.31. The van der Waals surface area contributed by atoms with Crippen LogP contribution in [0, 0.1) is 11.3 Å². The van der Waals surface area contributed by atoms with Crippen molar-refractivity contribution in [2.45, 2.75) is 12.5 Å². The summed E-state index contributed by atoms with van der Waals surface area (Å²) in [6.45, 7) is -0.00659. The second-order valence-electron chi connectivity index (χ2n) is 2.80. The summed E-state index contributed by atoms with van der Waals surface area (Å²) in [4.78, 5) is 3.98. The average molecular weight is 212 g/mol. The van der Waals surface area contributed by atoms with Gasteiger partial charge >= 0.3 is 0 Å². The number of nitrogens with two attached hydrogens (primary N) is 1. The van der Waals surface area contributed by atoms with Crippen LogP contribution in [-0.4, -0.2) is 16.7 Å². The van der Waals surface area contributed by atoms with Crippen molar-refractivity contribution in [1.82, 2.24) is 4.98 Å². The molecule has 0 aliphatic heterocycles. The number of aliphatic hydroxyl groups excluding tert-OH is 1. The first-order valence-corrected chi connectivity index (χ1v) is 4.49. The molecular formula is C9H10ClN3O. The third kappa shape index (κ3) is 2.42. The maximum Gasteiger partial charge on any atom is 0.159 e. The Kier molecular flexibility index (Phi) is 3.84. The van der Waals surface area contributed by atoms with Crippen molar-refractivity contribution in [3.63, 3.8) is 0 Å². The van der Waals surface area contributed by atoms with E-state index in [-0.39, 0.29) is 18.3 Å². The second kappa shape index (κ2) is 4.91. The van der Waals surface area contributed by atoms with E-state index >= 15 is 0 Å². The van der Waals surface area contributed by atoms with E-state index in [0.29, 0.717) is 17.1 Å². The minimum absolute atomic E-state index is 0.00659. The van der Waals surface area contributed by atoms with Gasteiger partial charge in [-0.15, -0.1) is 0 Å². The minimum Gasteiger partial charge on any atom is -0.396 e. The van der Waals surface area contributed by atoms with Crippen LogP contribution in [0.2, 0.25) is 5.02 Å². The van der Waals surface area contributed by atoms with Gasteiger partial charge in [-0.25, -0.2) is 4.98 Å². The number of rotatable bonds is 3. The van der Waals surface area contributed by atoms with Gasteiger partial charge in [0.25, 0.3) is 0 Å². The van der Waals surface area contributed by atoms with Gasteiger partial charge < -0.3 is 10.8 Å². The minimum atomic E-state index is -0.357. The molecule has 0 aliphatic rings. The molecule has 0 aliphatic carbocycles. The molecule has 1 heterocycles. The van der Waals surface area contributed by atoms with Crippen LogP contribution in [0.25, 0.3) is 0 Å². The SMILES string of the molecule is N#Cc1nc([C@H](N)CCO)ccc1Cl. The van der Waals surface area contributed by atoms with Gasteiger partial charge in [0.05, 0.1) is 10.7 Å². The van der Waals surface area contributed by atoms with Crippen molar-refractivity contribution in [1.29, 1.82) is 5.26 Å². The first-order chi connectivity index (χ1) is 6.69. The van der Waals surface area contributed by atoms with Crippen molar-refractivity contribution >= 4 is 11.6 Å². The van der Waals surface area contributed by atoms with Crippen LogP contribution in [0.4, 0.5) is 0 Å². The van der Waals surface area contributed by atoms with E-state index < -0.39 is 0 Å². The Labute approximate surface area is 86.9 Å². The maximum absolute atomic E-state index is 8.68. The van der Waals surface area contributed by atoms with Gasteiger partial charge in [-0.1, -0.05) is 11.6 Å². The van der Waals surface area contributed by atoms with Crippen molar-refractivity contribution in [3.8, 4) is 6.07 Å². The number of aromatic nitrogens is 1. The topological polar surface area (TPSA) is 82.9 Å². The summed E-state index contributed by atoms with van der Waals surface area (Å²) in [7, 11) is 0. The summed E-state index contributed by atoms with van der Waals surface area (Å²) < 4.78 is 0. The number of nitrogens with zero attached hydrogens (tertiary/aromatic N) is 2. The Hall–Kier alpha value is -1.15. The van der Waals surface area contributed by atoms with E-state index in [1.54, 1.807) is 12.1 Å². The van der Waals surface area contributed by atoms with Gasteiger partial charge in [-0.3, -0.25) is 0 Å². The first kappa shape index (κ1) is 10.9. The van der Waals surface area contributed by atoms with Crippen molar-refractivity contribution in [2.24, 2.45) is 5.73 Å². The van der Waals surface area contributed by atoms with Gasteiger partial charge in [0.2, 0.25) is 0 Å². The standard InChI is InChI=1S/C9H10ClN3O/c10-6-1-2-8(7(12)3-4-14)13-9(6)5-11/h1-2,7,14H,3-4,12H2/t7-/m1/s1. The van der Waals surface area contributed by atoms with Crippen LogP contribution >= 0.6 is 11.6 Å². The molecule has 0 spiro atoms. The van der Waals surface area contributed by atoms with Crippen LogP contribution in [0.5, 0.6) is 0 Å². The Morgan fingerprint density at radius 2 is 2.36 bits per heavy atom. The fraction of sp³-hybridized carbons (Fsp3) is 0.333. The largest absolute Gasteiger partial charge is 0.396 e. The molecule has 74 valence electrons. The summed E-state index contributed by atoms with van der Waals surface area (Å²) in [6.07, 6.45) is 0.416. The van der Waals surface area contributed by atoms with Crippen LogP contribution in [0.15, 0.2) is 12.1 Å². The molecule has 0 unspecified atom stereocenters. The molecule has 0 amide bonds. The van der Waals surface area contributed by atoms with Gasteiger partial charge in [-0.2, -0.15) is 5.26 Å². The fourth-order valence-electron chi connectivity index (χ4n) is 1.03. The van der Waals surface area contributed by atoms with E-state index in [9.17, 15) is 0 Å². The lowest BCUT2D eigenvalue weighted by atomic mass is 10.1. The summed E-state index contributed by atoms with van der Waals surface area (Å²) in [5.74, 6) is 0. The Balaban J connectivity index is 2.95. The number of halogens is 1. The average Bonchev–Trinajstić information content (AvgIpc) is 2.19. The van der Waals surface area contributed by atoms with Gasteiger partial charge in [-0.05, 0) is 18.6 Å². The molecule has 4 nitrogen and oxygen atoms in total. The van der Waals surface area contributed by atoms with Crippen molar-refractivity contribution in [2.75, 3.05) is 6.61 Å². The number of pyridine rings is 1. The van der Waals surface area contributed by atoms with E-state index in [0.717, 1.165) is 0 Å². The van der Waals surface area contributed by atoms with Gasteiger partial charge in [0.15, 0.2) is 5.69 Å². The molecule has 3 N–H and O–H groups in total. The number of nitriles is 1. The van der Waals surface area contributed by atoms with E-state index in [1.807, 2.05) is 6.07 Å². The zero-order chi connectivity index (χ0) is 10.6. The summed E-state index contributed by atoms with van der Waals surface area (Å²) in [6, 6.07) is 4.75. The third-order valence-corrected chi connectivity index (χ3v) is 2.10. The zero-order valence-electron chi connectivity index (χ0n) is 7.44. The highest BCUT2D eigenvalue weighted by Crippen LogP contribution is 2.17. The Bertz CT molecular complexity index is 362. The second-order valence-corrected chi connectivity index (χ2v) is 3.20. The van der Waals surface area contributed by atoms with Gasteiger partial charge in [0, 0.05) is 12.6 Å². The molecule has 1 rings (SSSR count). The molecule has 1 aromatic rings. The molecule has 5 heteroatoms. The van der Waals surface area contributed by atoms with Crippen LogP contribution in [0.1, 0.15) is 23.9 Å². The summed E-state index contributed by atoms with van der Waals surface area (Å²) in [5, 5.41) is 17.7. The first-order valence-electron chi connectivity index (χ1n) is 4.12. The highest BCUT2D eigenvalue weighted by atomic mass is 35.5. The number of hydrogen-bond donors (Lipinski definition) is 2. The third-order valence-electron chi connectivity index (χ3n) is 1.79. The zero-order valence-corrected chi connectivity index (χ0v) is 8.20.